The molecule has 2 heterocycles. The molecule has 0 radical (unpaired) electrons. The van der Waals surface area contributed by atoms with Crippen molar-refractivity contribution in [2.75, 3.05) is 18.5 Å². The number of halogens is 2. The zero-order chi connectivity index (χ0) is 28.4. The molecule has 0 saturated carbocycles. The quantitative estimate of drug-likeness (QED) is 0.276. The second kappa shape index (κ2) is 11.5. The van der Waals surface area contributed by atoms with Crippen molar-refractivity contribution in [2.45, 2.75) is 40.3 Å². The van der Waals surface area contributed by atoms with Gasteiger partial charge in [-0.2, -0.15) is 5.10 Å². The van der Waals surface area contributed by atoms with Gasteiger partial charge >= 0.3 is 6.03 Å². The highest BCUT2D eigenvalue weighted by Gasteiger charge is 2.28. The van der Waals surface area contributed by atoms with E-state index in [2.05, 4.69) is 24.1 Å². The number of rotatable bonds is 8. The summed E-state index contributed by atoms with van der Waals surface area (Å²) in [5.41, 5.74) is 11.8. The Hall–Kier alpha value is -4.24. The van der Waals surface area contributed by atoms with E-state index < -0.39 is 17.7 Å². The van der Waals surface area contributed by atoms with Gasteiger partial charge in [0.05, 0.1) is 18.0 Å². The summed E-state index contributed by atoms with van der Waals surface area (Å²) in [5.74, 6) is 0.203. The van der Waals surface area contributed by atoms with E-state index >= 15 is 0 Å². The number of nitrogens with zero attached hydrogens (tertiary/aromatic N) is 3. The van der Waals surface area contributed by atoms with Crippen molar-refractivity contribution in [3.05, 3.63) is 94.7 Å². The first-order valence-corrected chi connectivity index (χ1v) is 13.4. The monoisotopic (exact) mass is 545 g/mol. The number of hydrogen-bond acceptors (Lipinski definition) is 4. The number of hydrogen-bond donors (Lipinski definition) is 2. The number of fused-ring (bicyclic) bond motifs is 1. The molecule has 0 bridgehead atoms. The summed E-state index contributed by atoms with van der Waals surface area (Å²) in [5, 5.41) is 7.67. The Kier molecular flexibility index (Phi) is 7.84. The van der Waals surface area contributed by atoms with Crippen LogP contribution in [-0.2, 0) is 19.5 Å². The van der Waals surface area contributed by atoms with E-state index in [0.717, 1.165) is 45.6 Å². The molecule has 208 valence electrons. The van der Waals surface area contributed by atoms with E-state index in [-0.39, 0.29) is 6.54 Å². The fourth-order valence-electron chi connectivity index (χ4n) is 5.06. The number of anilines is 1. The molecule has 0 atom stereocenters. The van der Waals surface area contributed by atoms with Crippen LogP contribution in [0.25, 0.3) is 16.9 Å². The van der Waals surface area contributed by atoms with Gasteiger partial charge in [0.2, 0.25) is 0 Å². The number of amides is 2. The Balaban J connectivity index is 1.60. The van der Waals surface area contributed by atoms with Gasteiger partial charge in [0.15, 0.2) is 0 Å². The molecule has 0 unspecified atom stereocenters. The third-order valence-electron chi connectivity index (χ3n) is 6.93. The van der Waals surface area contributed by atoms with Gasteiger partial charge in [0.25, 0.3) is 0 Å². The molecule has 1 aliphatic heterocycles. The van der Waals surface area contributed by atoms with Gasteiger partial charge in [-0.25, -0.2) is 18.3 Å². The molecule has 3 aromatic carbocycles. The Labute approximate surface area is 232 Å². The van der Waals surface area contributed by atoms with Crippen LogP contribution in [0.4, 0.5) is 19.3 Å². The van der Waals surface area contributed by atoms with Crippen LogP contribution in [0, 0.1) is 24.5 Å². The maximum atomic E-state index is 14.5. The number of benzene rings is 3. The third kappa shape index (κ3) is 5.84. The van der Waals surface area contributed by atoms with Crippen LogP contribution in [0.15, 0.2) is 60.7 Å². The Morgan fingerprint density at radius 1 is 1.12 bits per heavy atom. The van der Waals surface area contributed by atoms with Crippen molar-refractivity contribution >= 4 is 11.7 Å². The number of para-hydroxylation sites is 1. The first-order valence-electron chi connectivity index (χ1n) is 13.4. The minimum atomic E-state index is -0.637. The van der Waals surface area contributed by atoms with Crippen LogP contribution < -0.4 is 15.8 Å². The molecule has 5 rings (SSSR count). The molecule has 3 N–H and O–H groups in total. The van der Waals surface area contributed by atoms with Crippen molar-refractivity contribution in [1.29, 1.82) is 0 Å². The summed E-state index contributed by atoms with van der Waals surface area (Å²) in [4.78, 5) is 13.5. The summed E-state index contributed by atoms with van der Waals surface area (Å²) < 4.78 is 36.5. The van der Waals surface area contributed by atoms with E-state index in [1.165, 1.54) is 12.1 Å². The minimum absolute atomic E-state index is 0.280. The highest BCUT2D eigenvalue weighted by molar-refractivity contribution is 5.88. The lowest BCUT2D eigenvalue weighted by Gasteiger charge is -2.27. The summed E-state index contributed by atoms with van der Waals surface area (Å²) in [6.45, 7) is 8.24. The molecule has 2 amide bonds. The Morgan fingerprint density at radius 2 is 1.90 bits per heavy atom. The molecular weight excluding hydrogens is 512 g/mol. The van der Waals surface area contributed by atoms with Crippen molar-refractivity contribution in [3.63, 3.8) is 0 Å². The second-order valence-electron chi connectivity index (χ2n) is 10.6. The number of aromatic nitrogens is 2. The summed E-state index contributed by atoms with van der Waals surface area (Å²) in [6.07, 6.45) is 0.654. The van der Waals surface area contributed by atoms with Crippen LogP contribution in [0.5, 0.6) is 5.75 Å². The molecule has 0 spiro atoms. The Morgan fingerprint density at radius 3 is 2.62 bits per heavy atom. The molecule has 1 aliphatic rings. The highest BCUT2D eigenvalue weighted by atomic mass is 19.1. The first-order chi connectivity index (χ1) is 19.2. The van der Waals surface area contributed by atoms with Crippen LogP contribution >= 0.6 is 0 Å². The van der Waals surface area contributed by atoms with Crippen molar-refractivity contribution in [3.8, 4) is 22.7 Å². The van der Waals surface area contributed by atoms with Crippen molar-refractivity contribution < 1.29 is 18.3 Å². The standard InChI is InChI=1S/C31H33F2N5O2/c1-19(2)18-40-28-6-4-5-20(3)29(28)38-30(21-7-10-24(11-8-21)35-31(34)39)25-17-37(14-13-27(25)36-38)16-22-15-23(32)9-12-26(22)33/h4-12,15,19H,13-14,16-18H2,1-3H3,(H3,34,35,39). The smallest absolute Gasteiger partial charge is 0.316 e. The van der Waals surface area contributed by atoms with Gasteiger partial charge in [-0.3, -0.25) is 4.90 Å². The topological polar surface area (TPSA) is 85.4 Å². The van der Waals surface area contributed by atoms with E-state index in [0.29, 0.717) is 43.3 Å². The summed E-state index contributed by atoms with van der Waals surface area (Å²) in [6, 6.07) is 16.3. The normalized spacial score (nSPS) is 13.3. The predicted molar refractivity (Wildman–Crippen MR) is 151 cm³/mol. The zero-order valence-corrected chi connectivity index (χ0v) is 22.9. The number of nitrogens with two attached hydrogens (primary N) is 1. The minimum Gasteiger partial charge on any atom is -0.491 e. The molecular formula is C31H33F2N5O2. The van der Waals surface area contributed by atoms with Gasteiger partial charge in [-0.1, -0.05) is 38.1 Å². The van der Waals surface area contributed by atoms with Crippen molar-refractivity contribution in [2.24, 2.45) is 11.7 Å². The summed E-state index contributed by atoms with van der Waals surface area (Å²) >= 11 is 0. The van der Waals surface area contributed by atoms with Crippen LogP contribution in [-0.4, -0.2) is 33.9 Å². The molecule has 0 fully saturated rings. The van der Waals surface area contributed by atoms with Crippen LogP contribution in [0.1, 0.15) is 36.2 Å². The largest absolute Gasteiger partial charge is 0.491 e. The fourth-order valence-corrected chi connectivity index (χ4v) is 5.06. The second-order valence-corrected chi connectivity index (χ2v) is 10.6. The molecule has 7 nitrogen and oxygen atoms in total. The SMILES string of the molecule is Cc1cccc(OCC(C)C)c1-n1nc2c(c1-c1ccc(NC(N)=O)cc1)CN(Cc1cc(F)ccc1F)CC2. The number of nitrogens with one attached hydrogen (secondary N) is 1. The fraction of sp³-hybridized carbons (Fsp3) is 0.290. The molecule has 1 aromatic heterocycles. The lowest BCUT2D eigenvalue weighted by molar-refractivity contribution is 0.241. The number of ether oxygens (including phenoxy) is 1. The van der Waals surface area contributed by atoms with E-state index in [1.54, 1.807) is 12.1 Å². The lowest BCUT2D eigenvalue weighted by atomic mass is 9.99. The van der Waals surface area contributed by atoms with Gasteiger partial charge in [-0.05, 0) is 54.8 Å². The average Bonchev–Trinajstić information content (AvgIpc) is 3.28. The summed E-state index contributed by atoms with van der Waals surface area (Å²) in [7, 11) is 0. The maximum absolute atomic E-state index is 14.5. The van der Waals surface area contributed by atoms with Crippen LogP contribution in [0.2, 0.25) is 0 Å². The molecule has 0 saturated heterocycles. The maximum Gasteiger partial charge on any atom is 0.316 e. The predicted octanol–water partition coefficient (Wildman–Crippen LogP) is 6.21. The zero-order valence-electron chi connectivity index (χ0n) is 22.9. The van der Waals surface area contributed by atoms with Crippen LogP contribution in [0.3, 0.4) is 0 Å². The number of carbonyl (C=O) groups excluding carboxylic acids is 1. The average molecular weight is 546 g/mol. The third-order valence-corrected chi connectivity index (χ3v) is 6.93. The highest BCUT2D eigenvalue weighted by Crippen LogP contribution is 2.37. The van der Waals surface area contributed by atoms with E-state index in [1.807, 2.05) is 41.9 Å². The number of carbonyl (C=O) groups is 1. The first kappa shape index (κ1) is 27.3. The molecule has 9 heteroatoms. The van der Waals surface area contributed by atoms with E-state index in [4.69, 9.17) is 15.6 Å². The Bertz CT molecular complexity index is 1530. The van der Waals surface area contributed by atoms with Gasteiger partial charge in [-0.15, -0.1) is 0 Å². The molecule has 4 aromatic rings. The molecule has 0 aliphatic carbocycles. The van der Waals surface area contributed by atoms with E-state index in [9.17, 15) is 13.6 Å². The van der Waals surface area contributed by atoms with Crippen molar-refractivity contribution in [1.82, 2.24) is 14.7 Å². The van der Waals surface area contributed by atoms with Gasteiger partial charge in [0.1, 0.15) is 23.1 Å². The van der Waals surface area contributed by atoms with Gasteiger partial charge < -0.3 is 15.8 Å². The lowest BCUT2D eigenvalue weighted by Crippen LogP contribution is -2.30. The number of aryl methyl sites for hydroxylation is 1. The molecule has 40 heavy (non-hydrogen) atoms. The van der Waals surface area contributed by atoms with Gasteiger partial charge in [0, 0.05) is 48.4 Å². The number of urea groups is 1. The number of primary amides is 1.